The number of halogens is 1. The molecule has 0 amide bonds. The van der Waals surface area contributed by atoms with Gasteiger partial charge in [0, 0.05) is 24.1 Å². The van der Waals surface area contributed by atoms with Crippen molar-refractivity contribution in [2.75, 3.05) is 0 Å². The molecule has 1 aromatic carbocycles. The molecule has 3 nitrogen and oxygen atoms in total. The number of pyridine rings is 1. The standard InChI is InChI=1S/C17H18FNO2/c18-13-5-6-15-14(7-8-19-16(15)10-13)12-3-1-11(2-4-12)9-17(20)21/h5-8,10-12H,1-4,9H2,(H,20,21). The highest BCUT2D eigenvalue weighted by molar-refractivity contribution is 5.82. The Hall–Kier alpha value is -1.97. The van der Waals surface area contributed by atoms with Crippen molar-refractivity contribution < 1.29 is 14.3 Å². The van der Waals surface area contributed by atoms with E-state index < -0.39 is 5.97 Å². The van der Waals surface area contributed by atoms with Crippen LogP contribution in [0.3, 0.4) is 0 Å². The average Bonchev–Trinajstić information content (AvgIpc) is 2.46. The van der Waals surface area contributed by atoms with Crippen molar-refractivity contribution in [2.24, 2.45) is 5.92 Å². The lowest BCUT2D eigenvalue weighted by atomic mass is 9.77. The molecule has 0 unspecified atom stereocenters. The summed E-state index contributed by atoms with van der Waals surface area (Å²) in [5.74, 6) is -0.254. The summed E-state index contributed by atoms with van der Waals surface area (Å²) in [6, 6.07) is 6.76. The summed E-state index contributed by atoms with van der Waals surface area (Å²) >= 11 is 0. The largest absolute Gasteiger partial charge is 0.481 e. The maximum atomic E-state index is 13.3. The summed E-state index contributed by atoms with van der Waals surface area (Å²) in [5.41, 5.74) is 1.91. The average molecular weight is 287 g/mol. The Morgan fingerprint density at radius 3 is 2.71 bits per heavy atom. The van der Waals surface area contributed by atoms with E-state index in [1.807, 2.05) is 6.07 Å². The maximum Gasteiger partial charge on any atom is 0.303 e. The summed E-state index contributed by atoms with van der Waals surface area (Å²) in [5, 5.41) is 9.89. The molecule has 2 aromatic rings. The Morgan fingerprint density at radius 2 is 2.00 bits per heavy atom. The Morgan fingerprint density at radius 1 is 1.24 bits per heavy atom. The maximum absolute atomic E-state index is 13.3. The first-order valence-electron chi connectivity index (χ1n) is 7.39. The fraction of sp³-hybridized carbons (Fsp3) is 0.412. The molecule has 110 valence electrons. The normalized spacial score (nSPS) is 22.3. The van der Waals surface area contributed by atoms with E-state index in [9.17, 15) is 9.18 Å². The minimum absolute atomic E-state index is 0.266. The molecule has 4 heteroatoms. The highest BCUT2D eigenvalue weighted by atomic mass is 19.1. The number of benzene rings is 1. The number of carboxylic acids is 1. The number of hydrogen-bond acceptors (Lipinski definition) is 2. The molecule has 1 aliphatic rings. The molecule has 3 rings (SSSR count). The molecule has 0 radical (unpaired) electrons. The first-order valence-corrected chi connectivity index (χ1v) is 7.39. The summed E-state index contributed by atoms with van der Waals surface area (Å²) in [6.07, 6.45) is 5.89. The Balaban J connectivity index is 1.81. The Bertz CT molecular complexity index is 663. The highest BCUT2D eigenvalue weighted by Crippen LogP contribution is 2.39. The molecule has 0 aliphatic heterocycles. The molecule has 21 heavy (non-hydrogen) atoms. The van der Waals surface area contributed by atoms with E-state index in [-0.39, 0.29) is 12.2 Å². The monoisotopic (exact) mass is 287 g/mol. The van der Waals surface area contributed by atoms with Crippen molar-refractivity contribution in [3.63, 3.8) is 0 Å². The predicted octanol–water partition coefficient (Wildman–Crippen LogP) is 4.12. The van der Waals surface area contributed by atoms with Crippen LogP contribution < -0.4 is 0 Å². The second kappa shape index (κ2) is 5.80. The number of rotatable bonds is 3. The van der Waals surface area contributed by atoms with Crippen molar-refractivity contribution >= 4 is 16.9 Å². The van der Waals surface area contributed by atoms with E-state index >= 15 is 0 Å². The van der Waals surface area contributed by atoms with Crippen LogP contribution in [0, 0.1) is 11.7 Å². The van der Waals surface area contributed by atoms with Crippen LogP contribution in [-0.4, -0.2) is 16.1 Å². The second-order valence-corrected chi connectivity index (χ2v) is 5.88. The predicted molar refractivity (Wildman–Crippen MR) is 78.7 cm³/mol. The fourth-order valence-corrected chi connectivity index (χ4v) is 3.42. The van der Waals surface area contributed by atoms with Crippen LogP contribution in [0.15, 0.2) is 30.5 Å². The molecule has 1 aliphatic carbocycles. The lowest BCUT2D eigenvalue weighted by molar-refractivity contribution is -0.138. The number of nitrogens with zero attached hydrogens (tertiary/aromatic N) is 1. The van der Waals surface area contributed by atoms with Gasteiger partial charge in [0.1, 0.15) is 5.82 Å². The molecule has 1 saturated carbocycles. The lowest BCUT2D eigenvalue weighted by Gasteiger charge is -2.28. The lowest BCUT2D eigenvalue weighted by Crippen LogP contribution is -2.16. The molecule has 1 aromatic heterocycles. The van der Waals surface area contributed by atoms with E-state index in [0.717, 1.165) is 31.1 Å². The van der Waals surface area contributed by atoms with Gasteiger partial charge in [0.05, 0.1) is 5.52 Å². The number of carboxylic acid groups (broad SMARTS) is 1. The zero-order chi connectivity index (χ0) is 14.8. The third-order valence-electron chi connectivity index (χ3n) is 4.49. The zero-order valence-electron chi connectivity index (χ0n) is 11.8. The molecule has 0 bridgehead atoms. The van der Waals surface area contributed by atoms with Gasteiger partial charge < -0.3 is 5.11 Å². The second-order valence-electron chi connectivity index (χ2n) is 5.88. The number of aromatic nitrogens is 1. The molecule has 1 N–H and O–H groups in total. The molecule has 0 atom stereocenters. The highest BCUT2D eigenvalue weighted by Gasteiger charge is 2.25. The zero-order valence-corrected chi connectivity index (χ0v) is 11.8. The van der Waals surface area contributed by atoms with Crippen molar-refractivity contribution in [3.8, 4) is 0 Å². The quantitative estimate of drug-likeness (QED) is 0.923. The summed E-state index contributed by atoms with van der Waals surface area (Å²) in [7, 11) is 0. The van der Waals surface area contributed by atoms with E-state index in [4.69, 9.17) is 5.11 Å². The van der Waals surface area contributed by atoms with E-state index in [0.29, 0.717) is 17.4 Å². The third kappa shape index (κ3) is 3.04. The SMILES string of the molecule is O=C(O)CC1CCC(c2ccnc3cc(F)ccc23)CC1. The summed E-state index contributed by atoms with van der Waals surface area (Å²) in [4.78, 5) is 15.0. The Labute approximate surface area is 122 Å². The van der Waals surface area contributed by atoms with E-state index in [1.165, 1.54) is 17.7 Å². The van der Waals surface area contributed by atoms with Gasteiger partial charge >= 0.3 is 5.97 Å². The van der Waals surface area contributed by atoms with Crippen molar-refractivity contribution in [1.82, 2.24) is 4.98 Å². The van der Waals surface area contributed by atoms with Gasteiger partial charge in [-0.15, -0.1) is 0 Å². The molecular formula is C17H18FNO2. The first-order chi connectivity index (χ1) is 10.1. The molecule has 1 fully saturated rings. The number of carbonyl (C=O) groups is 1. The van der Waals surface area contributed by atoms with Crippen LogP contribution in [0.2, 0.25) is 0 Å². The van der Waals surface area contributed by atoms with Crippen LogP contribution in [0.25, 0.3) is 10.9 Å². The third-order valence-corrected chi connectivity index (χ3v) is 4.49. The smallest absolute Gasteiger partial charge is 0.303 e. The van der Waals surface area contributed by atoms with Crippen LogP contribution in [0.5, 0.6) is 0 Å². The fourth-order valence-electron chi connectivity index (χ4n) is 3.42. The minimum Gasteiger partial charge on any atom is -0.481 e. The van der Waals surface area contributed by atoms with Gasteiger partial charge in [0.15, 0.2) is 0 Å². The minimum atomic E-state index is -0.705. The van der Waals surface area contributed by atoms with Crippen molar-refractivity contribution in [2.45, 2.75) is 38.0 Å². The molecule has 0 saturated heterocycles. The number of aliphatic carboxylic acids is 1. The molecule has 0 spiro atoms. The van der Waals surface area contributed by atoms with E-state index in [2.05, 4.69) is 4.98 Å². The van der Waals surface area contributed by atoms with Gasteiger partial charge in [-0.05, 0) is 61.3 Å². The molecular weight excluding hydrogens is 269 g/mol. The van der Waals surface area contributed by atoms with Crippen LogP contribution >= 0.6 is 0 Å². The number of hydrogen-bond donors (Lipinski definition) is 1. The van der Waals surface area contributed by atoms with Gasteiger partial charge in [-0.2, -0.15) is 0 Å². The number of fused-ring (bicyclic) bond motifs is 1. The van der Waals surface area contributed by atoms with Crippen molar-refractivity contribution in [1.29, 1.82) is 0 Å². The van der Waals surface area contributed by atoms with Gasteiger partial charge in [0.25, 0.3) is 0 Å². The van der Waals surface area contributed by atoms with Crippen LogP contribution in [0.4, 0.5) is 4.39 Å². The Kier molecular flexibility index (Phi) is 3.86. The summed E-state index contributed by atoms with van der Waals surface area (Å²) < 4.78 is 13.3. The van der Waals surface area contributed by atoms with Gasteiger partial charge in [-0.1, -0.05) is 0 Å². The first kappa shape index (κ1) is 14.0. The van der Waals surface area contributed by atoms with Crippen LogP contribution in [0.1, 0.15) is 43.6 Å². The summed E-state index contributed by atoms with van der Waals surface area (Å²) in [6.45, 7) is 0. The van der Waals surface area contributed by atoms with Crippen LogP contribution in [-0.2, 0) is 4.79 Å². The van der Waals surface area contributed by atoms with Gasteiger partial charge in [-0.3, -0.25) is 9.78 Å². The van der Waals surface area contributed by atoms with Gasteiger partial charge in [0.2, 0.25) is 0 Å². The topological polar surface area (TPSA) is 50.2 Å². The van der Waals surface area contributed by atoms with E-state index in [1.54, 1.807) is 12.3 Å². The van der Waals surface area contributed by atoms with Gasteiger partial charge in [-0.25, -0.2) is 4.39 Å². The van der Waals surface area contributed by atoms with Crippen molar-refractivity contribution in [3.05, 3.63) is 41.8 Å². The molecule has 1 heterocycles.